The number of rotatable bonds is 8. The minimum absolute atomic E-state index is 0.0699. The molecular formula is C21H28N2O4S. The molecule has 1 aliphatic heterocycles. The lowest BCUT2D eigenvalue weighted by Crippen LogP contribution is -2.43. The van der Waals surface area contributed by atoms with E-state index in [9.17, 15) is 8.42 Å². The predicted octanol–water partition coefficient (Wildman–Crippen LogP) is 2.61. The van der Waals surface area contributed by atoms with Crippen LogP contribution >= 0.6 is 0 Å². The number of nitrogens with one attached hydrogen (secondary N) is 1. The highest BCUT2D eigenvalue weighted by Gasteiger charge is 2.25. The quantitative estimate of drug-likeness (QED) is 0.733. The molecule has 1 unspecified atom stereocenters. The molecule has 0 spiro atoms. The molecule has 7 heteroatoms. The van der Waals surface area contributed by atoms with Crippen molar-refractivity contribution in [1.82, 2.24) is 9.62 Å². The van der Waals surface area contributed by atoms with Gasteiger partial charge in [-0.05, 0) is 41.8 Å². The monoisotopic (exact) mass is 404 g/mol. The van der Waals surface area contributed by atoms with E-state index in [2.05, 4.69) is 9.62 Å². The average Bonchev–Trinajstić information content (AvgIpc) is 2.75. The molecule has 0 saturated carbocycles. The second kappa shape index (κ2) is 9.52. The summed E-state index contributed by atoms with van der Waals surface area (Å²) in [5.41, 5.74) is 2.16. The molecule has 1 atom stereocenters. The van der Waals surface area contributed by atoms with E-state index in [0.717, 1.165) is 36.4 Å². The van der Waals surface area contributed by atoms with Crippen molar-refractivity contribution in [2.24, 2.45) is 0 Å². The highest BCUT2D eigenvalue weighted by Crippen LogP contribution is 2.24. The van der Waals surface area contributed by atoms with E-state index < -0.39 is 10.0 Å². The van der Waals surface area contributed by atoms with Crippen LogP contribution in [0.15, 0.2) is 53.4 Å². The minimum Gasteiger partial charge on any atom is -0.497 e. The summed E-state index contributed by atoms with van der Waals surface area (Å²) >= 11 is 0. The zero-order chi connectivity index (χ0) is 20.0. The Kier molecular flexibility index (Phi) is 7.07. The van der Waals surface area contributed by atoms with Gasteiger partial charge < -0.3 is 9.47 Å². The third-order valence-corrected chi connectivity index (χ3v) is 6.54. The zero-order valence-electron chi connectivity index (χ0n) is 16.4. The van der Waals surface area contributed by atoms with Crippen LogP contribution in [0.5, 0.6) is 5.75 Å². The van der Waals surface area contributed by atoms with Gasteiger partial charge in [-0.25, -0.2) is 13.1 Å². The number of aryl methyl sites for hydroxylation is 1. The average molecular weight is 405 g/mol. The summed E-state index contributed by atoms with van der Waals surface area (Å²) in [6, 6.07) is 14.8. The van der Waals surface area contributed by atoms with Crippen molar-refractivity contribution >= 4 is 10.0 Å². The molecule has 1 saturated heterocycles. The number of morpholine rings is 1. The number of sulfonamides is 1. The van der Waals surface area contributed by atoms with Gasteiger partial charge in [0, 0.05) is 25.7 Å². The van der Waals surface area contributed by atoms with E-state index in [4.69, 9.17) is 9.47 Å². The molecule has 1 N–H and O–H groups in total. The highest BCUT2D eigenvalue weighted by molar-refractivity contribution is 7.89. The molecule has 0 radical (unpaired) electrons. The molecule has 1 aliphatic rings. The van der Waals surface area contributed by atoms with Gasteiger partial charge in [-0.1, -0.05) is 31.2 Å². The molecule has 0 aliphatic carbocycles. The van der Waals surface area contributed by atoms with Crippen LogP contribution in [-0.2, 0) is 21.2 Å². The molecule has 2 aromatic carbocycles. The fourth-order valence-corrected chi connectivity index (χ4v) is 4.39. The first kappa shape index (κ1) is 20.8. The second-order valence-electron chi connectivity index (χ2n) is 6.79. The van der Waals surface area contributed by atoms with Gasteiger partial charge in [0.15, 0.2) is 0 Å². The van der Waals surface area contributed by atoms with Gasteiger partial charge in [0.2, 0.25) is 10.0 Å². The van der Waals surface area contributed by atoms with Crippen LogP contribution in [0.3, 0.4) is 0 Å². The summed E-state index contributed by atoms with van der Waals surface area (Å²) in [4.78, 5) is 2.55. The van der Waals surface area contributed by atoms with E-state index in [-0.39, 0.29) is 6.04 Å². The lowest BCUT2D eigenvalue weighted by molar-refractivity contribution is 0.0172. The van der Waals surface area contributed by atoms with Crippen LogP contribution in [-0.4, -0.2) is 53.3 Å². The number of hydrogen-bond acceptors (Lipinski definition) is 5. The molecule has 0 bridgehead atoms. The summed E-state index contributed by atoms with van der Waals surface area (Å²) in [6.45, 7) is 5.18. The summed E-state index contributed by atoms with van der Waals surface area (Å²) in [6.07, 6.45) is 0.879. The molecule has 6 nitrogen and oxygen atoms in total. The van der Waals surface area contributed by atoms with Crippen molar-refractivity contribution in [3.05, 3.63) is 59.7 Å². The SMILES string of the molecule is CCc1ccc(S(=O)(=O)NCC(c2ccc(OC)cc2)N2CCOCC2)cc1. The standard InChI is InChI=1S/C21H28N2O4S/c1-3-17-4-10-20(11-5-17)28(24,25)22-16-21(23-12-14-27-15-13-23)18-6-8-19(26-2)9-7-18/h4-11,21-22H,3,12-16H2,1-2H3. The Labute approximate surface area is 167 Å². The lowest BCUT2D eigenvalue weighted by Gasteiger charge is -2.35. The first-order chi connectivity index (χ1) is 13.5. The third-order valence-electron chi connectivity index (χ3n) is 5.10. The van der Waals surface area contributed by atoms with Crippen molar-refractivity contribution in [2.75, 3.05) is 40.0 Å². The molecular weight excluding hydrogens is 376 g/mol. The Bertz CT molecular complexity index is 845. The third kappa shape index (κ3) is 5.11. The van der Waals surface area contributed by atoms with Crippen LogP contribution < -0.4 is 9.46 Å². The number of hydrogen-bond donors (Lipinski definition) is 1. The molecule has 1 heterocycles. The van der Waals surface area contributed by atoms with E-state index in [1.807, 2.05) is 43.3 Å². The van der Waals surface area contributed by atoms with Gasteiger partial charge in [-0.2, -0.15) is 0 Å². The Morgan fingerprint density at radius 1 is 1.07 bits per heavy atom. The van der Waals surface area contributed by atoms with Crippen molar-refractivity contribution in [1.29, 1.82) is 0 Å². The fraction of sp³-hybridized carbons (Fsp3) is 0.429. The normalized spacial score (nSPS) is 16.6. The molecule has 2 aromatic rings. The smallest absolute Gasteiger partial charge is 0.240 e. The highest BCUT2D eigenvalue weighted by atomic mass is 32.2. The van der Waals surface area contributed by atoms with E-state index in [0.29, 0.717) is 24.7 Å². The Morgan fingerprint density at radius 2 is 1.71 bits per heavy atom. The summed E-state index contributed by atoms with van der Waals surface area (Å²) < 4.78 is 39.0. The summed E-state index contributed by atoms with van der Waals surface area (Å²) in [7, 11) is -1.94. The fourth-order valence-electron chi connectivity index (χ4n) is 3.35. The summed E-state index contributed by atoms with van der Waals surface area (Å²) in [5, 5.41) is 0. The molecule has 0 amide bonds. The molecule has 0 aromatic heterocycles. The topological polar surface area (TPSA) is 67.9 Å². The first-order valence-corrected chi connectivity index (χ1v) is 11.1. The van der Waals surface area contributed by atoms with Crippen LogP contribution in [0.2, 0.25) is 0 Å². The number of nitrogens with zero attached hydrogens (tertiary/aromatic N) is 1. The van der Waals surface area contributed by atoms with Gasteiger partial charge in [0.05, 0.1) is 25.2 Å². The Balaban J connectivity index is 1.77. The maximum atomic E-state index is 12.8. The molecule has 1 fully saturated rings. The van der Waals surface area contributed by atoms with Gasteiger partial charge >= 0.3 is 0 Å². The van der Waals surface area contributed by atoms with E-state index in [1.165, 1.54) is 0 Å². The van der Waals surface area contributed by atoms with Crippen LogP contribution in [0.4, 0.5) is 0 Å². The van der Waals surface area contributed by atoms with Crippen molar-refractivity contribution in [3.8, 4) is 5.75 Å². The molecule has 152 valence electrons. The molecule has 28 heavy (non-hydrogen) atoms. The number of methoxy groups -OCH3 is 1. The first-order valence-electron chi connectivity index (χ1n) is 9.58. The predicted molar refractivity (Wildman–Crippen MR) is 109 cm³/mol. The van der Waals surface area contributed by atoms with E-state index in [1.54, 1.807) is 19.2 Å². The zero-order valence-corrected chi connectivity index (χ0v) is 17.2. The minimum atomic E-state index is -3.57. The number of benzene rings is 2. The summed E-state index contributed by atoms with van der Waals surface area (Å²) in [5.74, 6) is 0.779. The van der Waals surface area contributed by atoms with Crippen LogP contribution in [0.1, 0.15) is 24.1 Å². The van der Waals surface area contributed by atoms with Crippen molar-refractivity contribution < 1.29 is 17.9 Å². The van der Waals surface area contributed by atoms with Gasteiger partial charge in [-0.15, -0.1) is 0 Å². The maximum absolute atomic E-state index is 12.8. The maximum Gasteiger partial charge on any atom is 0.240 e. The van der Waals surface area contributed by atoms with Gasteiger partial charge in [0.25, 0.3) is 0 Å². The van der Waals surface area contributed by atoms with E-state index >= 15 is 0 Å². The van der Waals surface area contributed by atoms with Crippen molar-refractivity contribution in [3.63, 3.8) is 0 Å². The Hall–Kier alpha value is -1.93. The molecule has 3 rings (SSSR count). The van der Waals surface area contributed by atoms with Crippen molar-refractivity contribution in [2.45, 2.75) is 24.3 Å². The van der Waals surface area contributed by atoms with Crippen LogP contribution in [0.25, 0.3) is 0 Å². The lowest BCUT2D eigenvalue weighted by atomic mass is 10.0. The van der Waals surface area contributed by atoms with Gasteiger partial charge in [0.1, 0.15) is 5.75 Å². The van der Waals surface area contributed by atoms with Crippen LogP contribution in [0, 0.1) is 0 Å². The number of ether oxygens (including phenoxy) is 2. The Morgan fingerprint density at radius 3 is 2.29 bits per heavy atom. The second-order valence-corrected chi connectivity index (χ2v) is 8.55. The largest absolute Gasteiger partial charge is 0.497 e. The van der Waals surface area contributed by atoms with Gasteiger partial charge in [-0.3, -0.25) is 4.90 Å².